The van der Waals surface area contributed by atoms with Gasteiger partial charge >= 0.3 is 0 Å². The Balaban J connectivity index is 2.61. The van der Waals surface area contributed by atoms with Crippen molar-refractivity contribution in [2.24, 2.45) is 0 Å². The van der Waals surface area contributed by atoms with E-state index in [0.717, 1.165) is 16.3 Å². The molecule has 0 fully saturated rings. The Morgan fingerprint density at radius 1 is 1.00 bits per heavy atom. The summed E-state index contributed by atoms with van der Waals surface area (Å²) in [4.78, 5) is 8.53. The van der Waals surface area contributed by atoms with Crippen LogP contribution in [0.2, 0.25) is 0 Å². The van der Waals surface area contributed by atoms with E-state index in [4.69, 9.17) is 11.5 Å². The first-order chi connectivity index (χ1) is 7.75. The number of hydrogen-bond donors (Lipinski definition) is 2. The van der Waals surface area contributed by atoms with Crippen molar-refractivity contribution in [1.82, 2.24) is 9.97 Å². The monoisotopic (exact) mass is 210 g/mol. The quantitative estimate of drug-likeness (QED) is 0.556. The number of para-hydroxylation sites is 1. The fourth-order valence-electron chi connectivity index (χ4n) is 1.87. The number of nitrogens with zero attached hydrogens (tertiary/aromatic N) is 2. The van der Waals surface area contributed by atoms with E-state index in [1.165, 1.54) is 0 Å². The van der Waals surface area contributed by atoms with Crippen LogP contribution in [0.25, 0.3) is 21.8 Å². The summed E-state index contributed by atoms with van der Waals surface area (Å²) in [6, 6.07) is 9.69. The predicted octanol–water partition coefficient (Wildman–Crippen LogP) is 1.95. The molecule has 78 valence electrons. The summed E-state index contributed by atoms with van der Waals surface area (Å²) in [6.07, 6.45) is 1.59. The Morgan fingerprint density at radius 2 is 1.81 bits per heavy atom. The number of nitrogens with two attached hydrogens (primary N) is 2. The molecule has 2 aromatic heterocycles. The summed E-state index contributed by atoms with van der Waals surface area (Å²) in [5.41, 5.74) is 13.8. The van der Waals surface area contributed by atoms with Crippen LogP contribution in [0.5, 0.6) is 0 Å². The van der Waals surface area contributed by atoms with Gasteiger partial charge in [0.05, 0.1) is 17.4 Å². The molecule has 0 bridgehead atoms. The van der Waals surface area contributed by atoms with Gasteiger partial charge in [0.15, 0.2) is 5.82 Å². The van der Waals surface area contributed by atoms with Crippen LogP contribution in [-0.4, -0.2) is 9.97 Å². The summed E-state index contributed by atoms with van der Waals surface area (Å²) in [7, 11) is 0. The standard InChI is InChI=1S/C12H10N4/c13-7-5-9-8-3-1-2-4-10(8)16-12(14)11(9)15-6-7/h1-6H,13H2,(H2,14,16). The second kappa shape index (κ2) is 3.06. The highest BCUT2D eigenvalue weighted by molar-refractivity contribution is 6.08. The van der Waals surface area contributed by atoms with Crippen LogP contribution in [0.1, 0.15) is 0 Å². The molecule has 0 radical (unpaired) electrons. The fraction of sp³-hybridized carbons (Fsp3) is 0. The van der Waals surface area contributed by atoms with Gasteiger partial charge in [-0.05, 0) is 12.1 Å². The second-order valence-corrected chi connectivity index (χ2v) is 3.68. The van der Waals surface area contributed by atoms with Crippen molar-refractivity contribution < 1.29 is 0 Å². The van der Waals surface area contributed by atoms with E-state index in [0.29, 0.717) is 17.0 Å². The number of fused-ring (bicyclic) bond motifs is 3. The minimum atomic E-state index is 0.439. The van der Waals surface area contributed by atoms with E-state index >= 15 is 0 Å². The van der Waals surface area contributed by atoms with Gasteiger partial charge < -0.3 is 11.5 Å². The zero-order valence-electron chi connectivity index (χ0n) is 8.51. The van der Waals surface area contributed by atoms with E-state index in [1.807, 2.05) is 30.3 Å². The van der Waals surface area contributed by atoms with Crippen molar-refractivity contribution in [3.63, 3.8) is 0 Å². The van der Waals surface area contributed by atoms with Gasteiger partial charge in [-0.15, -0.1) is 0 Å². The molecule has 0 saturated heterocycles. The van der Waals surface area contributed by atoms with Crippen molar-refractivity contribution in [1.29, 1.82) is 0 Å². The number of pyridine rings is 2. The van der Waals surface area contributed by atoms with Gasteiger partial charge in [0.2, 0.25) is 0 Å². The summed E-state index contributed by atoms with van der Waals surface area (Å²) < 4.78 is 0. The average molecular weight is 210 g/mol. The molecule has 0 spiro atoms. The third-order valence-corrected chi connectivity index (χ3v) is 2.59. The van der Waals surface area contributed by atoms with Crippen LogP contribution >= 0.6 is 0 Å². The van der Waals surface area contributed by atoms with E-state index in [1.54, 1.807) is 6.20 Å². The molecule has 1 aromatic carbocycles. The number of nitrogen functional groups attached to an aromatic ring is 2. The smallest absolute Gasteiger partial charge is 0.150 e. The number of anilines is 2. The maximum absolute atomic E-state index is 5.86. The first-order valence-corrected chi connectivity index (χ1v) is 4.95. The van der Waals surface area contributed by atoms with Gasteiger partial charge in [0.1, 0.15) is 5.52 Å². The van der Waals surface area contributed by atoms with Crippen LogP contribution in [-0.2, 0) is 0 Å². The van der Waals surface area contributed by atoms with Crippen LogP contribution in [0.4, 0.5) is 11.5 Å². The maximum atomic E-state index is 5.86. The van der Waals surface area contributed by atoms with Gasteiger partial charge in [-0.2, -0.15) is 0 Å². The molecule has 0 saturated carbocycles. The van der Waals surface area contributed by atoms with Crippen LogP contribution in [0.15, 0.2) is 36.5 Å². The molecular weight excluding hydrogens is 200 g/mol. The minimum absolute atomic E-state index is 0.439. The van der Waals surface area contributed by atoms with Crippen molar-refractivity contribution in [3.8, 4) is 0 Å². The number of rotatable bonds is 0. The minimum Gasteiger partial charge on any atom is -0.397 e. The lowest BCUT2D eigenvalue weighted by atomic mass is 10.1. The number of hydrogen-bond acceptors (Lipinski definition) is 4. The molecule has 0 amide bonds. The molecule has 16 heavy (non-hydrogen) atoms. The summed E-state index contributed by atoms with van der Waals surface area (Å²) in [6.45, 7) is 0. The SMILES string of the molecule is Nc1cnc2c(N)nc3ccccc3c2c1. The molecular formula is C12H10N4. The molecule has 0 aliphatic heterocycles. The molecule has 4 nitrogen and oxygen atoms in total. The Morgan fingerprint density at radius 3 is 2.69 bits per heavy atom. The summed E-state index contributed by atoms with van der Waals surface area (Å²) >= 11 is 0. The highest BCUT2D eigenvalue weighted by Crippen LogP contribution is 2.27. The van der Waals surface area contributed by atoms with Crippen molar-refractivity contribution in [3.05, 3.63) is 36.5 Å². The zero-order chi connectivity index (χ0) is 11.1. The van der Waals surface area contributed by atoms with Gasteiger partial charge in [-0.3, -0.25) is 4.98 Å². The molecule has 0 aliphatic carbocycles. The van der Waals surface area contributed by atoms with E-state index in [-0.39, 0.29) is 0 Å². The lowest BCUT2D eigenvalue weighted by molar-refractivity contribution is 1.36. The highest BCUT2D eigenvalue weighted by atomic mass is 14.9. The Kier molecular flexibility index (Phi) is 1.71. The van der Waals surface area contributed by atoms with E-state index in [9.17, 15) is 0 Å². The normalized spacial score (nSPS) is 11.0. The topological polar surface area (TPSA) is 77.8 Å². The van der Waals surface area contributed by atoms with Gasteiger partial charge in [-0.1, -0.05) is 18.2 Å². The molecule has 4 heteroatoms. The van der Waals surface area contributed by atoms with Crippen molar-refractivity contribution in [2.75, 3.05) is 11.5 Å². The predicted molar refractivity (Wildman–Crippen MR) is 65.9 cm³/mol. The maximum Gasteiger partial charge on any atom is 0.150 e. The van der Waals surface area contributed by atoms with Gasteiger partial charge in [-0.25, -0.2) is 4.98 Å². The van der Waals surface area contributed by atoms with Crippen LogP contribution in [0, 0.1) is 0 Å². The summed E-state index contributed by atoms with van der Waals surface area (Å²) in [5.74, 6) is 0.439. The molecule has 0 aliphatic rings. The molecule has 0 atom stereocenters. The fourth-order valence-corrected chi connectivity index (χ4v) is 1.87. The Labute approximate surface area is 91.9 Å². The van der Waals surface area contributed by atoms with E-state index < -0.39 is 0 Å². The lowest BCUT2D eigenvalue weighted by Gasteiger charge is -2.05. The highest BCUT2D eigenvalue weighted by Gasteiger charge is 2.06. The first kappa shape index (κ1) is 8.91. The molecule has 4 N–H and O–H groups in total. The number of aromatic nitrogens is 2. The van der Waals surface area contributed by atoms with Crippen molar-refractivity contribution in [2.45, 2.75) is 0 Å². The molecule has 2 heterocycles. The number of benzene rings is 1. The molecule has 3 rings (SSSR count). The molecule has 3 aromatic rings. The zero-order valence-corrected chi connectivity index (χ0v) is 8.51. The third kappa shape index (κ3) is 1.16. The van der Waals surface area contributed by atoms with Crippen LogP contribution < -0.4 is 11.5 Å². The second-order valence-electron chi connectivity index (χ2n) is 3.68. The lowest BCUT2D eigenvalue weighted by Crippen LogP contribution is -1.96. The first-order valence-electron chi connectivity index (χ1n) is 4.95. The van der Waals surface area contributed by atoms with Gasteiger partial charge in [0.25, 0.3) is 0 Å². The summed E-state index contributed by atoms with van der Waals surface area (Å²) in [5, 5.41) is 1.97. The molecule has 0 unspecified atom stereocenters. The third-order valence-electron chi connectivity index (χ3n) is 2.59. The Hall–Kier alpha value is -2.36. The van der Waals surface area contributed by atoms with Crippen LogP contribution in [0.3, 0.4) is 0 Å². The van der Waals surface area contributed by atoms with Gasteiger partial charge in [0, 0.05) is 10.8 Å². The average Bonchev–Trinajstić information content (AvgIpc) is 2.29. The van der Waals surface area contributed by atoms with E-state index in [2.05, 4.69) is 9.97 Å². The Bertz CT molecular complexity index is 691. The van der Waals surface area contributed by atoms with Crippen molar-refractivity contribution >= 4 is 33.3 Å². The largest absolute Gasteiger partial charge is 0.397 e.